The Bertz CT molecular complexity index is 984. The zero-order chi connectivity index (χ0) is 20.2. The van der Waals surface area contributed by atoms with Gasteiger partial charge in [0.05, 0.1) is 18.2 Å². The summed E-state index contributed by atoms with van der Waals surface area (Å²) < 4.78 is 11.0. The first-order valence-electron chi connectivity index (χ1n) is 9.63. The second kappa shape index (κ2) is 8.31. The van der Waals surface area contributed by atoms with Gasteiger partial charge in [-0.05, 0) is 12.5 Å². The molecule has 0 saturated carbocycles. The SMILES string of the molecule is C[C@@H](c1ccccc1)N1C[C@H](C(=O)OCc2ncc(-c3ccccc3)o2)CC1=O. The Hall–Kier alpha value is -3.41. The van der Waals surface area contributed by atoms with Crippen LogP contribution in [0.3, 0.4) is 0 Å². The number of nitrogens with zero attached hydrogens (tertiary/aromatic N) is 2. The quantitative estimate of drug-likeness (QED) is 0.595. The number of oxazole rings is 1. The highest BCUT2D eigenvalue weighted by Gasteiger charge is 2.38. The maximum atomic E-state index is 12.5. The summed E-state index contributed by atoms with van der Waals surface area (Å²) in [5, 5.41) is 0. The lowest BCUT2D eigenvalue weighted by molar-refractivity contribution is -0.150. The van der Waals surface area contributed by atoms with Crippen LogP contribution in [0, 0.1) is 5.92 Å². The molecule has 3 aromatic rings. The molecule has 0 bridgehead atoms. The van der Waals surface area contributed by atoms with Crippen LogP contribution in [-0.4, -0.2) is 28.3 Å². The number of carbonyl (C=O) groups excluding carboxylic acids is 2. The minimum Gasteiger partial charge on any atom is -0.455 e. The highest BCUT2D eigenvalue weighted by molar-refractivity contribution is 5.87. The van der Waals surface area contributed by atoms with Gasteiger partial charge in [0.1, 0.15) is 0 Å². The van der Waals surface area contributed by atoms with Gasteiger partial charge in [0.2, 0.25) is 11.8 Å². The molecule has 1 aliphatic heterocycles. The number of hydrogen-bond donors (Lipinski definition) is 0. The number of benzene rings is 2. The van der Waals surface area contributed by atoms with Gasteiger partial charge in [-0.2, -0.15) is 0 Å². The van der Waals surface area contributed by atoms with E-state index in [2.05, 4.69) is 4.98 Å². The molecule has 6 nitrogen and oxygen atoms in total. The second-order valence-corrected chi connectivity index (χ2v) is 7.13. The van der Waals surface area contributed by atoms with Crippen LogP contribution in [0.1, 0.15) is 30.8 Å². The van der Waals surface area contributed by atoms with Crippen LogP contribution in [0.5, 0.6) is 0 Å². The smallest absolute Gasteiger partial charge is 0.311 e. The predicted octanol–water partition coefficient (Wildman–Crippen LogP) is 3.99. The lowest BCUT2D eigenvalue weighted by Crippen LogP contribution is -2.29. The van der Waals surface area contributed by atoms with Gasteiger partial charge in [-0.15, -0.1) is 0 Å². The van der Waals surface area contributed by atoms with E-state index >= 15 is 0 Å². The third-order valence-electron chi connectivity index (χ3n) is 5.19. The number of aromatic nitrogens is 1. The van der Waals surface area contributed by atoms with Crippen LogP contribution >= 0.6 is 0 Å². The van der Waals surface area contributed by atoms with E-state index in [1.165, 1.54) is 0 Å². The Morgan fingerprint density at radius 1 is 1.17 bits per heavy atom. The molecule has 29 heavy (non-hydrogen) atoms. The first-order valence-corrected chi connectivity index (χ1v) is 9.63. The number of esters is 1. The number of hydrogen-bond acceptors (Lipinski definition) is 5. The minimum atomic E-state index is -0.475. The summed E-state index contributed by atoms with van der Waals surface area (Å²) in [5.74, 6) is 0.0372. The summed E-state index contributed by atoms with van der Waals surface area (Å²) in [4.78, 5) is 30.8. The molecule has 148 valence electrons. The van der Waals surface area contributed by atoms with Crippen LogP contribution in [-0.2, 0) is 20.9 Å². The van der Waals surface area contributed by atoms with E-state index in [1.54, 1.807) is 11.1 Å². The van der Waals surface area contributed by atoms with Crippen molar-refractivity contribution in [2.45, 2.75) is 26.0 Å². The number of ether oxygens (including phenoxy) is 1. The predicted molar refractivity (Wildman–Crippen MR) is 106 cm³/mol. The molecule has 0 N–H and O–H groups in total. The summed E-state index contributed by atoms with van der Waals surface area (Å²) in [6.07, 6.45) is 1.78. The summed E-state index contributed by atoms with van der Waals surface area (Å²) in [5.41, 5.74) is 1.95. The van der Waals surface area contributed by atoms with Crippen molar-refractivity contribution in [2.24, 2.45) is 5.92 Å². The zero-order valence-corrected chi connectivity index (χ0v) is 16.2. The molecule has 6 heteroatoms. The number of rotatable bonds is 6. The third-order valence-corrected chi connectivity index (χ3v) is 5.19. The summed E-state index contributed by atoms with van der Waals surface area (Å²) in [6.45, 7) is 2.28. The Labute approximate surface area is 169 Å². The van der Waals surface area contributed by atoms with Crippen molar-refractivity contribution in [1.29, 1.82) is 0 Å². The van der Waals surface area contributed by atoms with E-state index in [0.29, 0.717) is 18.2 Å². The van der Waals surface area contributed by atoms with Crippen molar-refractivity contribution in [3.05, 3.63) is 78.3 Å². The Kier molecular flexibility index (Phi) is 5.42. The summed E-state index contributed by atoms with van der Waals surface area (Å²) >= 11 is 0. The third kappa shape index (κ3) is 4.21. The largest absolute Gasteiger partial charge is 0.455 e. The maximum absolute atomic E-state index is 12.5. The van der Waals surface area contributed by atoms with Crippen molar-refractivity contribution in [3.63, 3.8) is 0 Å². The van der Waals surface area contributed by atoms with Gasteiger partial charge in [-0.1, -0.05) is 60.7 Å². The second-order valence-electron chi connectivity index (χ2n) is 7.13. The van der Waals surface area contributed by atoms with Crippen LogP contribution in [0.2, 0.25) is 0 Å². The first kappa shape index (κ1) is 18.9. The molecule has 1 fully saturated rings. The van der Waals surface area contributed by atoms with Gasteiger partial charge in [-0.3, -0.25) is 9.59 Å². The fourth-order valence-corrected chi connectivity index (χ4v) is 3.54. The van der Waals surface area contributed by atoms with E-state index in [4.69, 9.17) is 9.15 Å². The Morgan fingerprint density at radius 3 is 2.59 bits per heavy atom. The van der Waals surface area contributed by atoms with Crippen LogP contribution in [0.25, 0.3) is 11.3 Å². The highest BCUT2D eigenvalue weighted by Crippen LogP contribution is 2.29. The average Bonchev–Trinajstić information content (AvgIpc) is 3.40. The molecule has 4 rings (SSSR count). The van der Waals surface area contributed by atoms with E-state index in [0.717, 1.165) is 11.1 Å². The van der Waals surface area contributed by atoms with Crippen LogP contribution in [0.4, 0.5) is 0 Å². The molecule has 2 aromatic carbocycles. The van der Waals surface area contributed by atoms with Crippen LogP contribution in [0.15, 0.2) is 71.3 Å². The van der Waals surface area contributed by atoms with Crippen LogP contribution < -0.4 is 0 Å². The van der Waals surface area contributed by atoms with Gasteiger partial charge in [-0.25, -0.2) is 4.98 Å². The van der Waals surface area contributed by atoms with E-state index in [1.807, 2.05) is 67.6 Å². The molecule has 0 spiro atoms. The fraction of sp³-hybridized carbons (Fsp3) is 0.261. The van der Waals surface area contributed by atoms with Crippen molar-refractivity contribution in [2.75, 3.05) is 6.54 Å². The topological polar surface area (TPSA) is 72.6 Å². The average molecular weight is 390 g/mol. The number of amides is 1. The standard InChI is InChI=1S/C23H22N2O4/c1-16(17-8-4-2-5-9-17)25-14-19(12-22(25)26)23(27)28-15-21-24-13-20(29-21)18-10-6-3-7-11-18/h2-11,13,16,19H,12,14-15H2,1H3/t16-,19+/m0/s1. The van der Waals surface area contributed by atoms with Crippen molar-refractivity contribution >= 4 is 11.9 Å². The van der Waals surface area contributed by atoms with Crippen molar-refractivity contribution in [1.82, 2.24) is 9.88 Å². The first-order chi connectivity index (χ1) is 14.1. The Balaban J connectivity index is 1.34. The number of carbonyl (C=O) groups is 2. The van der Waals surface area contributed by atoms with Gasteiger partial charge < -0.3 is 14.1 Å². The lowest BCUT2D eigenvalue weighted by atomic mass is 10.1. The molecular weight excluding hydrogens is 368 g/mol. The van der Waals surface area contributed by atoms with Gasteiger partial charge in [0.25, 0.3) is 0 Å². The molecule has 1 amide bonds. The van der Waals surface area contributed by atoms with E-state index in [-0.39, 0.29) is 25.0 Å². The monoisotopic (exact) mass is 390 g/mol. The number of likely N-dealkylation sites (tertiary alicyclic amines) is 1. The molecular formula is C23H22N2O4. The molecule has 1 aromatic heterocycles. The van der Waals surface area contributed by atoms with Crippen molar-refractivity contribution in [3.8, 4) is 11.3 Å². The molecule has 1 aliphatic rings. The molecule has 0 radical (unpaired) electrons. The lowest BCUT2D eigenvalue weighted by Gasteiger charge is -2.25. The molecule has 2 heterocycles. The maximum Gasteiger partial charge on any atom is 0.311 e. The van der Waals surface area contributed by atoms with Gasteiger partial charge in [0.15, 0.2) is 12.4 Å². The summed E-state index contributed by atoms with van der Waals surface area (Å²) in [6, 6.07) is 19.3. The fourth-order valence-electron chi connectivity index (χ4n) is 3.54. The Morgan fingerprint density at radius 2 is 1.86 bits per heavy atom. The van der Waals surface area contributed by atoms with Crippen molar-refractivity contribution < 1.29 is 18.7 Å². The summed E-state index contributed by atoms with van der Waals surface area (Å²) in [7, 11) is 0. The molecule has 0 aliphatic carbocycles. The van der Waals surface area contributed by atoms with E-state index in [9.17, 15) is 9.59 Å². The molecule has 1 saturated heterocycles. The minimum absolute atomic E-state index is 0.0363. The van der Waals surface area contributed by atoms with Gasteiger partial charge in [0, 0.05) is 18.5 Å². The zero-order valence-electron chi connectivity index (χ0n) is 16.2. The molecule has 2 atom stereocenters. The van der Waals surface area contributed by atoms with E-state index < -0.39 is 11.9 Å². The molecule has 0 unspecified atom stereocenters. The van der Waals surface area contributed by atoms with Gasteiger partial charge >= 0.3 is 5.97 Å². The highest BCUT2D eigenvalue weighted by atomic mass is 16.5. The normalized spacial score (nSPS) is 17.3.